The number of hydrogen-bond acceptors (Lipinski definition) is 2. The zero-order valence-corrected chi connectivity index (χ0v) is 15.2. The summed E-state index contributed by atoms with van der Waals surface area (Å²) in [7, 11) is 0. The van der Waals surface area contributed by atoms with Crippen LogP contribution in [0.5, 0.6) is 0 Å². The first-order valence-electron chi connectivity index (χ1n) is 6.97. The number of rotatable bonds is 6. The van der Waals surface area contributed by atoms with Crippen molar-refractivity contribution in [2.24, 2.45) is 0 Å². The molecule has 114 valence electrons. The van der Waals surface area contributed by atoms with Crippen LogP contribution in [0.15, 0.2) is 33.3 Å². The van der Waals surface area contributed by atoms with E-state index in [1.807, 2.05) is 17.7 Å². The molecule has 21 heavy (non-hydrogen) atoms. The van der Waals surface area contributed by atoms with Crippen LogP contribution in [-0.2, 0) is 6.54 Å². The van der Waals surface area contributed by atoms with E-state index in [0.29, 0.717) is 0 Å². The molecule has 0 bridgehead atoms. The number of hydrogen-bond donors (Lipinski definition) is 1. The Hall–Kier alpha value is -0.720. The second-order valence-corrected chi connectivity index (χ2v) is 6.55. The number of nitrogens with one attached hydrogen (secondary N) is 1. The van der Waals surface area contributed by atoms with Crippen molar-refractivity contribution in [3.05, 3.63) is 50.4 Å². The molecule has 1 unspecified atom stereocenters. The third kappa shape index (κ3) is 3.93. The molecule has 0 aliphatic carbocycles. The summed E-state index contributed by atoms with van der Waals surface area (Å²) in [5, 5.41) is 7.84. The van der Waals surface area contributed by atoms with Crippen molar-refractivity contribution in [1.29, 1.82) is 0 Å². The highest BCUT2D eigenvalue weighted by atomic mass is 79.9. The number of aromatic nitrogens is 2. The predicted octanol–water partition coefficient (Wildman–Crippen LogP) is 4.66. The molecule has 1 heterocycles. The van der Waals surface area contributed by atoms with Gasteiger partial charge < -0.3 is 5.32 Å². The predicted molar refractivity (Wildman–Crippen MR) is 89.8 cm³/mol. The van der Waals surface area contributed by atoms with Crippen LogP contribution in [0.1, 0.15) is 37.6 Å². The Kier molecular flexibility index (Phi) is 5.96. The quantitative estimate of drug-likeness (QED) is 0.739. The van der Waals surface area contributed by atoms with Crippen molar-refractivity contribution >= 4 is 31.9 Å². The van der Waals surface area contributed by atoms with Crippen LogP contribution in [0.25, 0.3) is 0 Å². The Morgan fingerprint density at radius 3 is 2.67 bits per heavy atom. The summed E-state index contributed by atoms with van der Waals surface area (Å²) < 4.78 is 17.3. The van der Waals surface area contributed by atoms with Crippen LogP contribution in [0.2, 0.25) is 0 Å². The fourth-order valence-electron chi connectivity index (χ4n) is 2.31. The zero-order valence-electron chi connectivity index (χ0n) is 12.0. The third-order valence-electron chi connectivity index (χ3n) is 3.22. The molecular weight excluding hydrogens is 401 g/mol. The molecule has 2 rings (SSSR count). The highest BCUT2D eigenvalue weighted by Gasteiger charge is 2.22. The molecule has 0 fully saturated rings. The van der Waals surface area contributed by atoms with Gasteiger partial charge in [0.05, 0.1) is 22.4 Å². The lowest BCUT2D eigenvalue weighted by Gasteiger charge is -2.21. The summed E-state index contributed by atoms with van der Waals surface area (Å²) in [6.45, 7) is 5.76. The minimum Gasteiger partial charge on any atom is -0.305 e. The van der Waals surface area contributed by atoms with Crippen LogP contribution < -0.4 is 5.32 Å². The molecule has 1 aromatic heterocycles. The Labute approximate surface area is 141 Å². The molecule has 0 aliphatic heterocycles. The van der Waals surface area contributed by atoms with Gasteiger partial charge in [0, 0.05) is 11.0 Å². The molecular formula is C15H18Br2FN3. The van der Waals surface area contributed by atoms with Crippen LogP contribution >= 0.6 is 31.9 Å². The minimum atomic E-state index is -0.249. The van der Waals surface area contributed by atoms with Gasteiger partial charge in [-0.15, -0.1) is 0 Å². The molecule has 6 heteroatoms. The first kappa shape index (κ1) is 16.6. The molecule has 0 aliphatic rings. The smallest absolute Gasteiger partial charge is 0.124 e. The van der Waals surface area contributed by atoms with E-state index < -0.39 is 0 Å². The second kappa shape index (κ2) is 7.51. The van der Waals surface area contributed by atoms with E-state index in [2.05, 4.69) is 49.2 Å². The first-order valence-corrected chi connectivity index (χ1v) is 8.56. The third-order valence-corrected chi connectivity index (χ3v) is 4.29. The number of nitrogens with zero attached hydrogens (tertiary/aromatic N) is 2. The fourth-order valence-corrected chi connectivity index (χ4v) is 3.32. The molecule has 1 aromatic carbocycles. The first-order chi connectivity index (χ1) is 10.1. The fraction of sp³-hybridized carbons (Fsp3) is 0.400. The maximum Gasteiger partial charge on any atom is 0.124 e. The molecule has 0 amide bonds. The van der Waals surface area contributed by atoms with Gasteiger partial charge in [0.25, 0.3) is 0 Å². The Bertz CT molecular complexity index is 593. The summed E-state index contributed by atoms with van der Waals surface area (Å²) in [4.78, 5) is 0. The monoisotopic (exact) mass is 417 g/mol. The molecule has 1 atom stereocenters. The topological polar surface area (TPSA) is 29.9 Å². The van der Waals surface area contributed by atoms with E-state index in [1.165, 1.54) is 6.07 Å². The average molecular weight is 419 g/mol. The number of halogens is 3. The molecule has 3 nitrogen and oxygen atoms in total. The van der Waals surface area contributed by atoms with Crippen molar-refractivity contribution in [3.8, 4) is 0 Å². The van der Waals surface area contributed by atoms with Crippen LogP contribution in [-0.4, -0.2) is 16.3 Å². The lowest BCUT2D eigenvalue weighted by Crippen LogP contribution is -2.26. The van der Waals surface area contributed by atoms with Gasteiger partial charge in [-0.25, -0.2) is 4.39 Å². The standard InChI is InChI=1S/C15H18Br2FN3/c1-3-5-19-14(10-6-11(16)8-12(18)7-10)15-13(17)9-20-21(15)4-2/h6-9,14,19H,3-5H2,1-2H3. The van der Waals surface area contributed by atoms with Gasteiger partial charge in [0.2, 0.25) is 0 Å². The summed E-state index contributed by atoms with van der Waals surface area (Å²) in [5.41, 5.74) is 1.90. The lowest BCUT2D eigenvalue weighted by atomic mass is 10.0. The zero-order chi connectivity index (χ0) is 15.4. The largest absolute Gasteiger partial charge is 0.305 e. The summed E-state index contributed by atoms with van der Waals surface area (Å²) in [6.07, 6.45) is 2.79. The molecule has 2 aromatic rings. The van der Waals surface area contributed by atoms with Crippen molar-refractivity contribution in [2.45, 2.75) is 32.9 Å². The summed E-state index contributed by atoms with van der Waals surface area (Å²) in [5.74, 6) is -0.249. The molecule has 0 saturated carbocycles. The van der Waals surface area contributed by atoms with Crippen molar-refractivity contribution < 1.29 is 4.39 Å². The molecule has 0 radical (unpaired) electrons. The summed E-state index contributed by atoms with van der Waals surface area (Å²) in [6, 6.07) is 4.87. The van der Waals surface area contributed by atoms with Gasteiger partial charge in [0.15, 0.2) is 0 Å². The lowest BCUT2D eigenvalue weighted by molar-refractivity contribution is 0.524. The van der Waals surface area contributed by atoms with Crippen molar-refractivity contribution in [1.82, 2.24) is 15.1 Å². The Morgan fingerprint density at radius 2 is 2.05 bits per heavy atom. The van der Waals surface area contributed by atoms with E-state index in [4.69, 9.17) is 0 Å². The number of aryl methyl sites for hydroxylation is 1. The second-order valence-electron chi connectivity index (χ2n) is 4.78. The van der Waals surface area contributed by atoms with E-state index in [-0.39, 0.29) is 11.9 Å². The number of benzene rings is 1. The Balaban J connectivity index is 2.49. The average Bonchev–Trinajstić information content (AvgIpc) is 2.80. The highest BCUT2D eigenvalue weighted by Crippen LogP contribution is 2.30. The maximum atomic E-state index is 13.7. The van der Waals surface area contributed by atoms with Gasteiger partial charge in [-0.1, -0.05) is 22.9 Å². The molecule has 0 spiro atoms. The van der Waals surface area contributed by atoms with E-state index in [1.54, 1.807) is 12.3 Å². The normalized spacial score (nSPS) is 12.6. The van der Waals surface area contributed by atoms with Gasteiger partial charge >= 0.3 is 0 Å². The van der Waals surface area contributed by atoms with Crippen molar-refractivity contribution in [3.63, 3.8) is 0 Å². The van der Waals surface area contributed by atoms with E-state index in [9.17, 15) is 4.39 Å². The van der Waals surface area contributed by atoms with Gasteiger partial charge in [0.1, 0.15) is 5.82 Å². The van der Waals surface area contributed by atoms with Gasteiger partial charge in [-0.05, 0) is 59.6 Å². The minimum absolute atomic E-state index is 0.103. The molecule has 1 N–H and O–H groups in total. The van der Waals surface area contributed by atoms with E-state index in [0.717, 1.165) is 39.7 Å². The van der Waals surface area contributed by atoms with Crippen LogP contribution in [0.3, 0.4) is 0 Å². The molecule has 0 saturated heterocycles. The van der Waals surface area contributed by atoms with Gasteiger partial charge in [-0.3, -0.25) is 4.68 Å². The Morgan fingerprint density at radius 1 is 1.29 bits per heavy atom. The maximum absolute atomic E-state index is 13.7. The van der Waals surface area contributed by atoms with Crippen LogP contribution in [0, 0.1) is 5.82 Å². The van der Waals surface area contributed by atoms with Crippen molar-refractivity contribution in [2.75, 3.05) is 6.54 Å². The SMILES string of the molecule is CCCNC(c1cc(F)cc(Br)c1)c1c(Br)cnn1CC. The van der Waals surface area contributed by atoms with Crippen LogP contribution in [0.4, 0.5) is 4.39 Å². The highest BCUT2D eigenvalue weighted by molar-refractivity contribution is 9.10. The van der Waals surface area contributed by atoms with E-state index >= 15 is 0 Å². The summed E-state index contributed by atoms with van der Waals surface area (Å²) >= 11 is 6.92. The van der Waals surface area contributed by atoms with Gasteiger partial charge in [-0.2, -0.15) is 5.10 Å².